The first-order valence-electron chi connectivity index (χ1n) is 8.11. The lowest BCUT2D eigenvalue weighted by Gasteiger charge is -2.34. The van der Waals surface area contributed by atoms with Gasteiger partial charge >= 0.3 is 0 Å². The van der Waals surface area contributed by atoms with E-state index in [-0.39, 0.29) is 18.4 Å². The van der Waals surface area contributed by atoms with Gasteiger partial charge in [0.1, 0.15) is 0 Å². The zero-order valence-electron chi connectivity index (χ0n) is 13.9. The number of hydrogen-bond donors (Lipinski definition) is 2. The summed E-state index contributed by atoms with van der Waals surface area (Å²) < 4.78 is 0. The van der Waals surface area contributed by atoms with Crippen molar-refractivity contribution >= 4 is 23.2 Å². The van der Waals surface area contributed by atoms with E-state index in [0.717, 1.165) is 24.5 Å². The number of amides is 2. The van der Waals surface area contributed by atoms with Crippen molar-refractivity contribution in [2.45, 2.75) is 26.4 Å². The van der Waals surface area contributed by atoms with E-state index in [2.05, 4.69) is 22.5 Å². The molecule has 128 valence electrons. The van der Waals surface area contributed by atoms with Crippen LogP contribution in [0.2, 0.25) is 0 Å². The van der Waals surface area contributed by atoms with Crippen molar-refractivity contribution in [1.82, 2.24) is 20.4 Å². The predicted molar refractivity (Wildman–Crippen MR) is 92.3 cm³/mol. The Bertz CT molecular complexity index is 506. The lowest BCUT2D eigenvalue weighted by Crippen LogP contribution is -2.53. The quantitative estimate of drug-likeness (QED) is 0.760. The summed E-state index contributed by atoms with van der Waals surface area (Å²) >= 11 is 1.61. The molecular formula is C16H26N4O2S. The number of thiophene rings is 1. The van der Waals surface area contributed by atoms with Crippen LogP contribution in [0, 0.1) is 0 Å². The molecule has 2 heterocycles. The Hall–Kier alpha value is -1.44. The summed E-state index contributed by atoms with van der Waals surface area (Å²) in [6.45, 7) is 8.29. The highest BCUT2D eigenvalue weighted by Gasteiger charge is 2.23. The van der Waals surface area contributed by atoms with Gasteiger partial charge in [0.05, 0.1) is 19.6 Å². The Labute approximate surface area is 141 Å². The van der Waals surface area contributed by atoms with Crippen molar-refractivity contribution in [1.29, 1.82) is 0 Å². The monoisotopic (exact) mass is 338 g/mol. The van der Waals surface area contributed by atoms with Crippen LogP contribution in [0.25, 0.3) is 0 Å². The molecule has 0 aliphatic carbocycles. The minimum atomic E-state index is -0.109. The summed E-state index contributed by atoms with van der Waals surface area (Å²) in [5.74, 6) is -0.0884. The van der Waals surface area contributed by atoms with Gasteiger partial charge in [-0.2, -0.15) is 0 Å². The molecule has 1 aromatic rings. The molecule has 1 saturated heterocycles. The molecule has 6 nitrogen and oxygen atoms in total. The molecule has 1 fully saturated rings. The van der Waals surface area contributed by atoms with E-state index in [4.69, 9.17) is 0 Å². The molecule has 2 amide bonds. The van der Waals surface area contributed by atoms with E-state index in [1.165, 1.54) is 0 Å². The van der Waals surface area contributed by atoms with Crippen LogP contribution in [0.15, 0.2) is 17.5 Å². The van der Waals surface area contributed by atoms with Crippen LogP contribution < -0.4 is 10.6 Å². The SMILES string of the molecule is CCN(CC(=O)NCc1cccs1)C(=O)CN1CCNC[C@@H]1C. The summed E-state index contributed by atoms with van der Waals surface area (Å²) in [6.07, 6.45) is 0. The molecular weight excluding hydrogens is 312 g/mol. The Morgan fingerprint density at radius 1 is 1.52 bits per heavy atom. The largest absolute Gasteiger partial charge is 0.350 e. The van der Waals surface area contributed by atoms with Crippen molar-refractivity contribution in [3.8, 4) is 0 Å². The minimum absolute atomic E-state index is 0.0209. The van der Waals surface area contributed by atoms with Crippen LogP contribution in [0.3, 0.4) is 0 Å². The van der Waals surface area contributed by atoms with Crippen LogP contribution in [-0.2, 0) is 16.1 Å². The first kappa shape index (κ1) is 17.9. The van der Waals surface area contributed by atoms with Crippen molar-refractivity contribution in [2.75, 3.05) is 39.3 Å². The standard InChI is InChI=1S/C16H26N4O2S/c1-3-19(11-15(21)18-10-14-5-4-8-23-14)16(22)12-20-7-6-17-9-13(20)2/h4-5,8,13,17H,3,6-7,9-12H2,1-2H3,(H,18,21)/t13-/m0/s1. The fourth-order valence-electron chi connectivity index (χ4n) is 2.60. The number of carbonyl (C=O) groups excluding carboxylic acids is 2. The van der Waals surface area contributed by atoms with E-state index in [0.29, 0.717) is 25.7 Å². The lowest BCUT2D eigenvalue weighted by atomic mass is 10.2. The molecule has 1 aliphatic heterocycles. The maximum atomic E-state index is 12.4. The number of nitrogens with zero attached hydrogens (tertiary/aromatic N) is 2. The Morgan fingerprint density at radius 3 is 3.00 bits per heavy atom. The average molecular weight is 338 g/mol. The number of piperazine rings is 1. The molecule has 0 aromatic carbocycles. The molecule has 0 unspecified atom stereocenters. The van der Waals surface area contributed by atoms with Gasteiger partial charge in [0, 0.05) is 37.1 Å². The molecule has 2 N–H and O–H groups in total. The molecule has 7 heteroatoms. The van der Waals surface area contributed by atoms with E-state index >= 15 is 0 Å². The molecule has 0 spiro atoms. The average Bonchev–Trinajstić information content (AvgIpc) is 3.06. The molecule has 1 atom stereocenters. The van der Waals surface area contributed by atoms with Gasteiger partial charge in [0.15, 0.2) is 0 Å². The van der Waals surface area contributed by atoms with Crippen LogP contribution in [0.5, 0.6) is 0 Å². The van der Waals surface area contributed by atoms with Crippen molar-refractivity contribution in [3.63, 3.8) is 0 Å². The number of nitrogens with one attached hydrogen (secondary N) is 2. The Morgan fingerprint density at radius 2 is 2.35 bits per heavy atom. The van der Waals surface area contributed by atoms with E-state index in [1.54, 1.807) is 16.2 Å². The molecule has 1 aliphatic rings. The Kier molecular flexibility index (Phi) is 7.01. The summed E-state index contributed by atoms with van der Waals surface area (Å²) in [4.78, 5) is 29.4. The van der Waals surface area contributed by atoms with Gasteiger partial charge in [0.2, 0.25) is 11.8 Å². The summed E-state index contributed by atoms with van der Waals surface area (Å²) in [7, 11) is 0. The third kappa shape index (κ3) is 5.60. The zero-order valence-corrected chi connectivity index (χ0v) is 14.7. The fraction of sp³-hybridized carbons (Fsp3) is 0.625. The highest BCUT2D eigenvalue weighted by molar-refractivity contribution is 7.09. The highest BCUT2D eigenvalue weighted by atomic mass is 32.1. The van der Waals surface area contributed by atoms with Gasteiger partial charge in [-0.15, -0.1) is 11.3 Å². The number of likely N-dealkylation sites (N-methyl/N-ethyl adjacent to an activating group) is 1. The van der Waals surface area contributed by atoms with Gasteiger partial charge in [-0.25, -0.2) is 0 Å². The van der Waals surface area contributed by atoms with Crippen LogP contribution in [0.1, 0.15) is 18.7 Å². The minimum Gasteiger partial charge on any atom is -0.350 e. The van der Waals surface area contributed by atoms with E-state index in [1.807, 2.05) is 24.4 Å². The normalized spacial score (nSPS) is 18.6. The first-order chi connectivity index (χ1) is 11.1. The van der Waals surface area contributed by atoms with Crippen LogP contribution in [-0.4, -0.2) is 66.9 Å². The van der Waals surface area contributed by atoms with Crippen LogP contribution in [0.4, 0.5) is 0 Å². The zero-order chi connectivity index (χ0) is 16.7. The van der Waals surface area contributed by atoms with Gasteiger partial charge < -0.3 is 15.5 Å². The topological polar surface area (TPSA) is 64.7 Å². The lowest BCUT2D eigenvalue weighted by molar-refractivity contribution is -0.137. The molecule has 0 radical (unpaired) electrons. The second-order valence-corrected chi connectivity index (χ2v) is 6.82. The summed E-state index contributed by atoms with van der Waals surface area (Å²) in [6, 6.07) is 4.29. The maximum Gasteiger partial charge on any atom is 0.239 e. The molecule has 2 rings (SSSR count). The highest BCUT2D eigenvalue weighted by Crippen LogP contribution is 2.07. The Balaban J connectivity index is 1.78. The van der Waals surface area contributed by atoms with E-state index in [9.17, 15) is 9.59 Å². The van der Waals surface area contributed by atoms with Gasteiger partial charge in [-0.05, 0) is 25.3 Å². The molecule has 1 aromatic heterocycles. The third-order valence-corrected chi connectivity index (χ3v) is 4.96. The first-order valence-corrected chi connectivity index (χ1v) is 8.99. The second-order valence-electron chi connectivity index (χ2n) is 5.79. The fourth-order valence-corrected chi connectivity index (χ4v) is 3.24. The van der Waals surface area contributed by atoms with E-state index < -0.39 is 0 Å². The van der Waals surface area contributed by atoms with Crippen molar-refractivity contribution in [2.24, 2.45) is 0 Å². The molecule has 23 heavy (non-hydrogen) atoms. The van der Waals surface area contributed by atoms with Crippen molar-refractivity contribution < 1.29 is 9.59 Å². The van der Waals surface area contributed by atoms with Gasteiger partial charge in [0.25, 0.3) is 0 Å². The second kappa shape index (κ2) is 9.00. The summed E-state index contributed by atoms with van der Waals surface area (Å²) in [5.41, 5.74) is 0. The predicted octanol–water partition coefficient (Wildman–Crippen LogP) is 0.507. The van der Waals surface area contributed by atoms with Crippen molar-refractivity contribution in [3.05, 3.63) is 22.4 Å². The smallest absolute Gasteiger partial charge is 0.239 e. The summed E-state index contributed by atoms with van der Waals surface area (Å²) in [5, 5.41) is 8.17. The van der Waals surface area contributed by atoms with Crippen LogP contribution >= 0.6 is 11.3 Å². The molecule has 0 saturated carbocycles. The van der Waals surface area contributed by atoms with Gasteiger partial charge in [-0.1, -0.05) is 6.07 Å². The third-order valence-electron chi connectivity index (χ3n) is 4.09. The number of hydrogen-bond acceptors (Lipinski definition) is 5. The maximum absolute atomic E-state index is 12.4. The number of carbonyl (C=O) groups is 2. The molecule has 0 bridgehead atoms. The number of rotatable bonds is 7. The van der Waals surface area contributed by atoms with Gasteiger partial charge in [-0.3, -0.25) is 14.5 Å².